The van der Waals surface area contributed by atoms with Crippen LogP contribution in [0.1, 0.15) is 38.3 Å². The minimum Gasteiger partial charge on any atom is -0.497 e. The van der Waals surface area contributed by atoms with Crippen molar-refractivity contribution < 1.29 is 19.3 Å². The first-order valence-corrected chi connectivity index (χ1v) is 7.40. The van der Waals surface area contributed by atoms with Gasteiger partial charge in [0, 0.05) is 24.3 Å². The molecule has 0 heterocycles. The Morgan fingerprint density at radius 3 is 2.67 bits per heavy atom. The maximum atomic E-state index is 9.85. The van der Waals surface area contributed by atoms with Crippen LogP contribution < -0.4 is 15.2 Å². The standard InChI is InChI=1S/C16H27NO4/c1-4-5-8-20-10-13(18)11-21-16-9-14(19-3)6-7-15(16)12(2)17/h6-7,9,12-13,18H,4-5,8,10-11,17H2,1-3H3. The van der Waals surface area contributed by atoms with E-state index in [1.54, 1.807) is 13.2 Å². The van der Waals surface area contributed by atoms with E-state index in [2.05, 4.69) is 6.92 Å². The maximum absolute atomic E-state index is 9.85. The van der Waals surface area contributed by atoms with Gasteiger partial charge in [0.1, 0.15) is 24.2 Å². The molecule has 0 aliphatic carbocycles. The summed E-state index contributed by atoms with van der Waals surface area (Å²) in [5, 5.41) is 9.85. The molecular formula is C16H27NO4. The largest absolute Gasteiger partial charge is 0.497 e. The molecule has 1 rings (SSSR count). The first kappa shape index (κ1) is 17.8. The van der Waals surface area contributed by atoms with Gasteiger partial charge >= 0.3 is 0 Å². The van der Waals surface area contributed by atoms with Crippen LogP contribution in [-0.4, -0.2) is 38.1 Å². The molecule has 2 unspecified atom stereocenters. The number of benzene rings is 1. The smallest absolute Gasteiger partial charge is 0.127 e. The summed E-state index contributed by atoms with van der Waals surface area (Å²) in [5.41, 5.74) is 6.80. The quantitative estimate of drug-likeness (QED) is 0.648. The SMILES string of the molecule is CCCCOCC(O)COc1cc(OC)ccc1C(C)N. The zero-order valence-electron chi connectivity index (χ0n) is 13.2. The van der Waals surface area contributed by atoms with Gasteiger partial charge < -0.3 is 25.1 Å². The minimum absolute atomic E-state index is 0.149. The first-order chi connectivity index (χ1) is 10.1. The molecule has 21 heavy (non-hydrogen) atoms. The summed E-state index contributed by atoms with van der Waals surface area (Å²) in [4.78, 5) is 0. The van der Waals surface area contributed by atoms with Crippen LogP contribution in [0.3, 0.4) is 0 Å². The molecule has 0 fully saturated rings. The van der Waals surface area contributed by atoms with Crippen molar-refractivity contribution in [1.29, 1.82) is 0 Å². The van der Waals surface area contributed by atoms with Crippen LogP contribution in [0.5, 0.6) is 11.5 Å². The molecule has 0 spiro atoms. The van der Waals surface area contributed by atoms with Crippen molar-refractivity contribution in [2.24, 2.45) is 5.73 Å². The van der Waals surface area contributed by atoms with Gasteiger partial charge in [-0.05, 0) is 19.4 Å². The zero-order chi connectivity index (χ0) is 15.7. The summed E-state index contributed by atoms with van der Waals surface area (Å²) in [6, 6.07) is 5.35. The zero-order valence-corrected chi connectivity index (χ0v) is 13.2. The summed E-state index contributed by atoms with van der Waals surface area (Å²) in [5.74, 6) is 1.33. The molecule has 0 amide bonds. The van der Waals surface area contributed by atoms with E-state index in [0.717, 1.165) is 18.4 Å². The van der Waals surface area contributed by atoms with E-state index in [0.29, 0.717) is 18.1 Å². The second-order valence-corrected chi connectivity index (χ2v) is 5.09. The highest BCUT2D eigenvalue weighted by Gasteiger charge is 2.12. The molecule has 2 atom stereocenters. The van der Waals surface area contributed by atoms with Gasteiger partial charge in [0.2, 0.25) is 0 Å². The van der Waals surface area contributed by atoms with Crippen LogP contribution in [0.25, 0.3) is 0 Å². The molecule has 0 saturated carbocycles. The number of nitrogens with two attached hydrogens (primary N) is 1. The van der Waals surface area contributed by atoms with E-state index in [1.807, 2.05) is 19.1 Å². The van der Waals surface area contributed by atoms with Crippen LogP contribution in [0, 0.1) is 0 Å². The predicted molar refractivity (Wildman–Crippen MR) is 82.8 cm³/mol. The van der Waals surface area contributed by atoms with Gasteiger partial charge in [-0.2, -0.15) is 0 Å². The second-order valence-electron chi connectivity index (χ2n) is 5.09. The molecule has 3 N–H and O–H groups in total. The average Bonchev–Trinajstić information content (AvgIpc) is 2.49. The molecule has 120 valence electrons. The first-order valence-electron chi connectivity index (χ1n) is 7.40. The number of hydrogen-bond acceptors (Lipinski definition) is 5. The summed E-state index contributed by atoms with van der Waals surface area (Å²) in [7, 11) is 1.60. The van der Waals surface area contributed by atoms with Gasteiger partial charge in [0.05, 0.1) is 13.7 Å². The number of unbranched alkanes of at least 4 members (excludes halogenated alkanes) is 1. The Morgan fingerprint density at radius 1 is 1.29 bits per heavy atom. The van der Waals surface area contributed by atoms with Crippen molar-refractivity contribution in [3.63, 3.8) is 0 Å². The van der Waals surface area contributed by atoms with Crippen LogP contribution in [0.2, 0.25) is 0 Å². The average molecular weight is 297 g/mol. The molecule has 5 nitrogen and oxygen atoms in total. The van der Waals surface area contributed by atoms with E-state index in [-0.39, 0.29) is 19.3 Å². The van der Waals surface area contributed by atoms with E-state index >= 15 is 0 Å². The third kappa shape index (κ3) is 6.33. The summed E-state index contributed by atoms with van der Waals surface area (Å²) in [6.45, 7) is 5.09. The number of hydrogen-bond donors (Lipinski definition) is 2. The highest BCUT2D eigenvalue weighted by atomic mass is 16.5. The Labute approximate surface area is 127 Å². The molecule has 1 aromatic carbocycles. The Morgan fingerprint density at radius 2 is 2.05 bits per heavy atom. The van der Waals surface area contributed by atoms with Crippen LogP contribution in [0.4, 0.5) is 0 Å². The molecule has 5 heteroatoms. The van der Waals surface area contributed by atoms with Gasteiger partial charge in [0.15, 0.2) is 0 Å². The molecule has 0 bridgehead atoms. The van der Waals surface area contributed by atoms with Crippen molar-refractivity contribution in [3.8, 4) is 11.5 Å². The van der Waals surface area contributed by atoms with Crippen LogP contribution in [-0.2, 0) is 4.74 Å². The van der Waals surface area contributed by atoms with Crippen LogP contribution >= 0.6 is 0 Å². The third-order valence-electron chi connectivity index (χ3n) is 3.09. The molecule has 0 radical (unpaired) electrons. The van der Waals surface area contributed by atoms with Crippen LogP contribution in [0.15, 0.2) is 18.2 Å². The molecule has 1 aromatic rings. The van der Waals surface area contributed by atoms with Crippen molar-refractivity contribution >= 4 is 0 Å². The summed E-state index contributed by atoms with van der Waals surface area (Å²) in [6.07, 6.45) is 1.42. The minimum atomic E-state index is -0.658. The Hall–Kier alpha value is -1.30. The fourth-order valence-corrected chi connectivity index (χ4v) is 1.84. The highest BCUT2D eigenvalue weighted by molar-refractivity contribution is 5.42. The third-order valence-corrected chi connectivity index (χ3v) is 3.09. The van der Waals surface area contributed by atoms with Crippen molar-refractivity contribution in [2.45, 2.75) is 38.8 Å². The lowest BCUT2D eigenvalue weighted by molar-refractivity contribution is 0.0110. The van der Waals surface area contributed by atoms with Gasteiger partial charge in [-0.25, -0.2) is 0 Å². The van der Waals surface area contributed by atoms with E-state index in [9.17, 15) is 5.11 Å². The normalized spacial score (nSPS) is 13.8. The van der Waals surface area contributed by atoms with Crippen molar-refractivity contribution in [3.05, 3.63) is 23.8 Å². The molecule has 0 aliphatic heterocycles. The van der Waals surface area contributed by atoms with Crippen molar-refractivity contribution in [1.82, 2.24) is 0 Å². The number of rotatable bonds is 10. The lowest BCUT2D eigenvalue weighted by Crippen LogP contribution is -2.24. The maximum Gasteiger partial charge on any atom is 0.127 e. The highest BCUT2D eigenvalue weighted by Crippen LogP contribution is 2.28. The number of aliphatic hydroxyl groups is 1. The lowest BCUT2D eigenvalue weighted by Gasteiger charge is -2.17. The van der Waals surface area contributed by atoms with Gasteiger partial charge in [-0.1, -0.05) is 19.4 Å². The topological polar surface area (TPSA) is 73.9 Å². The molecule has 0 aliphatic rings. The molecule has 0 saturated heterocycles. The van der Waals surface area contributed by atoms with Gasteiger partial charge in [-0.3, -0.25) is 0 Å². The number of methoxy groups -OCH3 is 1. The number of ether oxygens (including phenoxy) is 3. The monoisotopic (exact) mass is 297 g/mol. The number of aliphatic hydroxyl groups excluding tert-OH is 1. The van der Waals surface area contributed by atoms with E-state index < -0.39 is 6.10 Å². The molecule has 0 aromatic heterocycles. The van der Waals surface area contributed by atoms with Gasteiger partial charge in [0.25, 0.3) is 0 Å². The summed E-state index contributed by atoms with van der Waals surface area (Å²) < 4.78 is 16.2. The van der Waals surface area contributed by atoms with E-state index in [1.165, 1.54) is 0 Å². The Balaban J connectivity index is 2.52. The fourth-order valence-electron chi connectivity index (χ4n) is 1.84. The van der Waals surface area contributed by atoms with E-state index in [4.69, 9.17) is 19.9 Å². The Bertz CT molecular complexity index is 409. The molecular weight excluding hydrogens is 270 g/mol. The fraction of sp³-hybridized carbons (Fsp3) is 0.625. The van der Waals surface area contributed by atoms with Crippen molar-refractivity contribution in [2.75, 3.05) is 26.9 Å². The lowest BCUT2D eigenvalue weighted by atomic mass is 10.1. The van der Waals surface area contributed by atoms with Gasteiger partial charge in [-0.15, -0.1) is 0 Å². The summed E-state index contributed by atoms with van der Waals surface area (Å²) >= 11 is 0. The predicted octanol–water partition coefficient (Wildman–Crippen LogP) is 2.27. The Kier molecular flexibility index (Phi) is 8.12. The second kappa shape index (κ2) is 9.60.